The highest BCUT2D eigenvalue weighted by Gasteiger charge is 2.32. The van der Waals surface area contributed by atoms with Gasteiger partial charge in [0.05, 0.1) is 12.6 Å². The van der Waals surface area contributed by atoms with Gasteiger partial charge in [0, 0.05) is 25.4 Å². The summed E-state index contributed by atoms with van der Waals surface area (Å²) in [5.41, 5.74) is 0. The maximum Gasteiger partial charge on any atom is 0.242 e. The Hall–Kier alpha value is -1.92. The Morgan fingerprint density at radius 1 is 1.25 bits per heavy atom. The minimum Gasteiger partial charge on any atom is -0.339 e. The first-order valence-electron chi connectivity index (χ1n) is 8.97. The molecule has 7 nitrogen and oxygen atoms in total. The standard InChI is InChI=1S/C17H26N4O3/c1-12(2)17-18-16(19-24-17)13-7-4-3-5-10-21(13)15(23)11-20-9-6-8-14(20)22/h12-13H,3-11H2,1-2H3. The van der Waals surface area contributed by atoms with Crippen LogP contribution in [-0.4, -0.2) is 51.4 Å². The molecule has 24 heavy (non-hydrogen) atoms. The van der Waals surface area contributed by atoms with E-state index >= 15 is 0 Å². The highest BCUT2D eigenvalue weighted by molar-refractivity contribution is 5.86. The number of hydrogen-bond acceptors (Lipinski definition) is 5. The predicted octanol–water partition coefficient (Wildman–Crippen LogP) is 2.26. The van der Waals surface area contributed by atoms with E-state index in [4.69, 9.17) is 4.52 Å². The van der Waals surface area contributed by atoms with E-state index in [0.717, 1.165) is 32.1 Å². The van der Waals surface area contributed by atoms with Gasteiger partial charge >= 0.3 is 0 Å². The van der Waals surface area contributed by atoms with Crippen LogP contribution in [0.3, 0.4) is 0 Å². The van der Waals surface area contributed by atoms with Crippen molar-refractivity contribution in [2.45, 2.75) is 64.3 Å². The van der Waals surface area contributed by atoms with Gasteiger partial charge in [0.2, 0.25) is 17.7 Å². The zero-order chi connectivity index (χ0) is 17.1. The average Bonchev–Trinajstić information content (AvgIpc) is 3.11. The van der Waals surface area contributed by atoms with E-state index in [0.29, 0.717) is 31.2 Å². The van der Waals surface area contributed by atoms with Crippen LogP contribution in [0.25, 0.3) is 0 Å². The minimum absolute atomic E-state index is 0.00644. The van der Waals surface area contributed by atoms with Gasteiger partial charge in [0.1, 0.15) is 0 Å². The van der Waals surface area contributed by atoms with E-state index in [9.17, 15) is 9.59 Å². The van der Waals surface area contributed by atoms with Gasteiger partial charge in [0.15, 0.2) is 5.82 Å². The zero-order valence-corrected chi connectivity index (χ0v) is 14.5. The monoisotopic (exact) mass is 334 g/mol. The number of aromatic nitrogens is 2. The Bertz CT molecular complexity index is 598. The van der Waals surface area contributed by atoms with Crippen molar-refractivity contribution in [3.05, 3.63) is 11.7 Å². The molecule has 0 bridgehead atoms. The summed E-state index contributed by atoms with van der Waals surface area (Å²) < 4.78 is 5.34. The molecule has 0 aromatic carbocycles. The van der Waals surface area contributed by atoms with Gasteiger partial charge in [-0.25, -0.2) is 0 Å². The number of amides is 2. The van der Waals surface area contributed by atoms with Crippen LogP contribution in [0.5, 0.6) is 0 Å². The maximum absolute atomic E-state index is 12.8. The minimum atomic E-state index is -0.144. The number of carbonyl (C=O) groups excluding carboxylic acids is 2. The predicted molar refractivity (Wildman–Crippen MR) is 87.1 cm³/mol. The van der Waals surface area contributed by atoms with Crippen LogP contribution < -0.4 is 0 Å². The summed E-state index contributed by atoms with van der Waals surface area (Å²) in [5, 5.41) is 4.12. The maximum atomic E-state index is 12.8. The van der Waals surface area contributed by atoms with Gasteiger partial charge in [-0.15, -0.1) is 0 Å². The first-order chi connectivity index (χ1) is 11.6. The number of rotatable bonds is 4. The lowest BCUT2D eigenvalue weighted by molar-refractivity contribution is -0.140. The molecule has 1 aromatic rings. The quantitative estimate of drug-likeness (QED) is 0.844. The van der Waals surface area contributed by atoms with Gasteiger partial charge in [-0.05, 0) is 19.3 Å². The summed E-state index contributed by atoms with van der Waals surface area (Å²) in [5.74, 6) is 1.45. The van der Waals surface area contributed by atoms with Crippen LogP contribution in [0.2, 0.25) is 0 Å². The largest absolute Gasteiger partial charge is 0.339 e. The molecule has 3 rings (SSSR count). The summed E-state index contributed by atoms with van der Waals surface area (Å²) in [6, 6.07) is -0.144. The lowest BCUT2D eigenvalue weighted by Gasteiger charge is -2.29. The molecule has 2 saturated heterocycles. The lowest BCUT2D eigenvalue weighted by Crippen LogP contribution is -2.42. The van der Waals surface area contributed by atoms with Crippen molar-refractivity contribution in [1.29, 1.82) is 0 Å². The van der Waals surface area contributed by atoms with E-state index in [2.05, 4.69) is 10.1 Å². The Morgan fingerprint density at radius 2 is 2.08 bits per heavy atom. The van der Waals surface area contributed by atoms with Crippen LogP contribution in [0.4, 0.5) is 0 Å². The smallest absolute Gasteiger partial charge is 0.242 e. The summed E-state index contributed by atoms with van der Waals surface area (Å²) in [6.07, 6.45) is 5.36. The SMILES string of the molecule is CC(C)c1nc(C2CCCCCN2C(=O)CN2CCCC2=O)no1. The first kappa shape index (κ1) is 16.9. The molecular weight excluding hydrogens is 308 g/mol. The van der Waals surface area contributed by atoms with Crippen molar-refractivity contribution in [3.8, 4) is 0 Å². The van der Waals surface area contributed by atoms with Gasteiger partial charge in [-0.1, -0.05) is 31.8 Å². The highest BCUT2D eigenvalue weighted by Crippen LogP contribution is 2.29. The van der Waals surface area contributed by atoms with E-state index in [1.807, 2.05) is 18.7 Å². The van der Waals surface area contributed by atoms with Crippen LogP contribution in [0.1, 0.15) is 76.0 Å². The van der Waals surface area contributed by atoms with Crippen molar-refractivity contribution < 1.29 is 14.1 Å². The number of likely N-dealkylation sites (tertiary alicyclic amines) is 2. The highest BCUT2D eigenvalue weighted by atomic mass is 16.5. The normalized spacial score (nSPS) is 22.3. The fourth-order valence-electron chi connectivity index (χ4n) is 3.42. The zero-order valence-electron chi connectivity index (χ0n) is 14.5. The Labute approximate surface area is 142 Å². The molecule has 132 valence electrons. The molecule has 2 fully saturated rings. The van der Waals surface area contributed by atoms with Crippen molar-refractivity contribution in [2.24, 2.45) is 0 Å². The summed E-state index contributed by atoms with van der Waals surface area (Å²) in [4.78, 5) is 32.7. The molecule has 0 spiro atoms. The van der Waals surface area contributed by atoms with Gasteiger partial charge in [0.25, 0.3) is 0 Å². The third-order valence-electron chi connectivity index (χ3n) is 4.82. The molecule has 0 aliphatic carbocycles. The summed E-state index contributed by atoms with van der Waals surface area (Å²) in [6.45, 7) is 5.56. The number of carbonyl (C=O) groups is 2. The molecule has 1 atom stereocenters. The molecule has 1 unspecified atom stereocenters. The third kappa shape index (κ3) is 3.60. The first-order valence-corrected chi connectivity index (χ1v) is 8.97. The molecule has 7 heteroatoms. The molecular formula is C17H26N4O3. The second-order valence-corrected chi connectivity index (χ2v) is 7.02. The van der Waals surface area contributed by atoms with Crippen LogP contribution in [0, 0.1) is 0 Å². The van der Waals surface area contributed by atoms with Crippen LogP contribution >= 0.6 is 0 Å². The van der Waals surface area contributed by atoms with E-state index < -0.39 is 0 Å². The fraction of sp³-hybridized carbons (Fsp3) is 0.765. The molecule has 2 aliphatic heterocycles. The molecule has 2 amide bonds. The Kier molecular flexibility index (Phi) is 5.16. The van der Waals surface area contributed by atoms with E-state index in [1.165, 1.54) is 0 Å². The number of hydrogen-bond donors (Lipinski definition) is 0. The average molecular weight is 334 g/mol. The molecule has 2 aliphatic rings. The summed E-state index contributed by atoms with van der Waals surface area (Å²) >= 11 is 0. The Morgan fingerprint density at radius 3 is 2.75 bits per heavy atom. The van der Waals surface area contributed by atoms with Crippen molar-refractivity contribution in [1.82, 2.24) is 19.9 Å². The van der Waals surface area contributed by atoms with Crippen LogP contribution in [-0.2, 0) is 9.59 Å². The van der Waals surface area contributed by atoms with Crippen LogP contribution in [0.15, 0.2) is 4.52 Å². The Balaban J connectivity index is 1.76. The molecule has 3 heterocycles. The number of nitrogens with zero attached hydrogens (tertiary/aromatic N) is 4. The van der Waals surface area contributed by atoms with Crippen molar-refractivity contribution in [3.63, 3.8) is 0 Å². The van der Waals surface area contributed by atoms with Crippen molar-refractivity contribution >= 4 is 11.8 Å². The topological polar surface area (TPSA) is 79.5 Å². The second kappa shape index (κ2) is 7.32. The van der Waals surface area contributed by atoms with Gasteiger partial charge in [-0.2, -0.15) is 4.98 Å². The molecule has 0 radical (unpaired) electrons. The van der Waals surface area contributed by atoms with Gasteiger partial charge in [-0.3, -0.25) is 9.59 Å². The molecule has 0 N–H and O–H groups in total. The van der Waals surface area contributed by atoms with Gasteiger partial charge < -0.3 is 14.3 Å². The van der Waals surface area contributed by atoms with E-state index in [-0.39, 0.29) is 30.3 Å². The second-order valence-electron chi connectivity index (χ2n) is 7.02. The lowest BCUT2D eigenvalue weighted by atomic mass is 10.1. The third-order valence-corrected chi connectivity index (χ3v) is 4.82. The van der Waals surface area contributed by atoms with Crippen molar-refractivity contribution in [2.75, 3.05) is 19.6 Å². The summed E-state index contributed by atoms with van der Waals surface area (Å²) in [7, 11) is 0. The molecule has 0 saturated carbocycles. The fourth-order valence-corrected chi connectivity index (χ4v) is 3.42. The van der Waals surface area contributed by atoms with E-state index in [1.54, 1.807) is 4.90 Å². The molecule has 1 aromatic heterocycles.